The third-order valence-electron chi connectivity index (χ3n) is 5.34. The Kier molecular flexibility index (Phi) is 5.76. The average molecular weight is 428 g/mol. The highest BCUT2D eigenvalue weighted by atomic mass is 16.5. The van der Waals surface area contributed by atoms with Crippen LogP contribution in [0.25, 0.3) is 22.6 Å². The summed E-state index contributed by atoms with van der Waals surface area (Å²) in [5, 5.41) is 0. The molecule has 3 aromatic heterocycles. The number of hydrogen-bond acceptors (Lipinski definition) is 7. The fourth-order valence-corrected chi connectivity index (χ4v) is 3.59. The van der Waals surface area contributed by atoms with Crippen molar-refractivity contribution in [2.75, 3.05) is 31.2 Å². The Balaban J connectivity index is 1.41. The summed E-state index contributed by atoms with van der Waals surface area (Å²) < 4.78 is 13.6. The van der Waals surface area contributed by atoms with Crippen LogP contribution in [0.2, 0.25) is 0 Å². The van der Waals surface area contributed by atoms with Crippen LogP contribution in [0.4, 0.5) is 5.82 Å². The molecule has 1 saturated heterocycles. The molecule has 1 aromatic carbocycles. The first-order chi connectivity index (χ1) is 15.8. The Morgan fingerprint density at radius 3 is 2.56 bits per heavy atom. The lowest BCUT2D eigenvalue weighted by Gasteiger charge is -2.28. The van der Waals surface area contributed by atoms with Crippen molar-refractivity contribution in [2.24, 2.45) is 7.05 Å². The molecule has 4 heterocycles. The van der Waals surface area contributed by atoms with Crippen LogP contribution in [0.5, 0.6) is 5.88 Å². The molecular weight excluding hydrogens is 404 g/mol. The minimum absolute atomic E-state index is 0.301. The summed E-state index contributed by atoms with van der Waals surface area (Å²) in [6, 6.07) is 15.8. The second-order valence-electron chi connectivity index (χ2n) is 7.54. The van der Waals surface area contributed by atoms with Crippen molar-refractivity contribution in [3.8, 4) is 28.5 Å². The lowest BCUT2D eigenvalue weighted by molar-refractivity contribution is 0.122. The maximum absolute atomic E-state index is 6.10. The van der Waals surface area contributed by atoms with Crippen molar-refractivity contribution in [3.63, 3.8) is 0 Å². The van der Waals surface area contributed by atoms with Gasteiger partial charge in [0.15, 0.2) is 5.82 Å². The Labute approximate surface area is 186 Å². The third kappa shape index (κ3) is 4.45. The largest absolute Gasteiger partial charge is 0.469 e. The van der Waals surface area contributed by atoms with Crippen molar-refractivity contribution in [1.82, 2.24) is 24.5 Å². The minimum Gasteiger partial charge on any atom is -0.469 e. The van der Waals surface area contributed by atoms with Crippen LogP contribution in [0, 0.1) is 0 Å². The summed E-state index contributed by atoms with van der Waals surface area (Å²) >= 11 is 0. The average Bonchev–Trinajstić information content (AvgIpc) is 3.24. The number of morpholine rings is 1. The van der Waals surface area contributed by atoms with Crippen molar-refractivity contribution in [2.45, 2.75) is 6.61 Å². The van der Waals surface area contributed by atoms with Gasteiger partial charge < -0.3 is 18.9 Å². The molecule has 0 unspecified atom stereocenters. The first-order valence-electron chi connectivity index (χ1n) is 10.6. The predicted octanol–water partition coefficient (Wildman–Crippen LogP) is 3.35. The van der Waals surface area contributed by atoms with Gasteiger partial charge in [0, 0.05) is 55.9 Å². The summed E-state index contributed by atoms with van der Waals surface area (Å²) in [6.07, 6.45) is 5.50. The zero-order chi connectivity index (χ0) is 21.8. The fourth-order valence-electron chi connectivity index (χ4n) is 3.59. The molecule has 162 valence electrons. The van der Waals surface area contributed by atoms with E-state index in [1.165, 1.54) is 0 Å². The molecule has 1 fully saturated rings. The van der Waals surface area contributed by atoms with Gasteiger partial charge in [-0.3, -0.25) is 4.98 Å². The topological polar surface area (TPSA) is 78.2 Å². The molecule has 0 amide bonds. The SMILES string of the molecule is Cn1cc(-c2ccccc2)nc1COc1cc(N2CCOCC2)nc(-c2cccnc2)n1. The van der Waals surface area contributed by atoms with Gasteiger partial charge in [0.25, 0.3) is 0 Å². The molecule has 1 aliphatic heterocycles. The maximum Gasteiger partial charge on any atom is 0.219 e. The van der Waals surface area contributed by atoms with E-state index < -0.39 is 0 Å². The molecule has 0 bridgehead atoms. The normalized spacial score (nSPS) is 13.8. The summed E-state index contributed by atoms with van der Waals surface area (Å²) in [4.78, 5) is 20.5. The van der Waals surface area contributed by atoms with Crippen molar-refractivity contribution >= 4 is 5.82 Å². The number of aryl methyl sites for hydroxylation is 1. The highest BCUT2D eigenvalue weighted by Gasteiger charge is 2.17. The molecule has 1 aliphatic rings. The van der Waals surface area contributed by atoms with E-state index in [1.54, 1.807) is 12.4 Å². The molecular formula is C24H24N6O2. The van der Waals surface area contributed by atoms with Gasteiger partial charge in [-0.15, -0.1) is 0 Å². The first kappa shape index (κ1) is 20.1. The van der Waals surface area contributed by atoms with E-state index in [1.807, 2.05) is 66.3 Å². The number of benzene rings is 1. The molecule has 0 N–H and O–H groups in total. The third-order valence-corrected chi connectivity index (χ3v) is 5.34. The lowest BCUT2D eigenvalue weighted by Crippen LogP contribution is -2.36. The molecule has 0 aliphatic carbocycles. The molecule has 0 spiro atoms. The summed E-state index contributed by atoms with van der Waals surface area (Å²) in [5.74, 6) is 2.73. The van der Waals surface area contributed by atoms with Gasteiger partial charge in [-0.2, -0.15) is 4.98 Å². The van der Waals surface area contributed by atoms with E-state index in [2.05, 4.69) is 14.9 Å². The van der Waals surface area contributed by atoms with Crippen molar-refractivity contribution < 1.29 is 9.47 Å². The standard InChI is InChI=1S/C24H24N6O2/c1-29-16-20(18-6-3-2-4-7-18)26-22(29)17-32-23-14-21(30-10-12-31-13-11-30)27-24(28-23)19-8-5-9-25-15-19/h2-9,14-16H,10-13,17H2,1H3. The van der Waals surface area contributed by atoms with Crippen molar-refractivity contribution in [1.29, 1.82) is 0 Å². The highest BCUT2D eigenvalue weighted by Crippen LogP contribution is 2.25. The number of hydrogen-bond donors (Lipinski definition) is 0. The van der Waals surface area contributed by atoms with Gasteiger partial charge >= 0.3 is 0 Å². The van der Waals surface area contributed by atoms with Gasteiger partial charge in [-0.05, 0) is 12.1 Å². The Morgan fingerprint density at radius 1 is 0.969 bits per heavy atom. The molecule has 5 rings (SSSR count). The minimum atomic E-state index is 0.301. The highest BCUT2D eigenvalue weighted by molar-refractivity contribution is 5.59. The molecule has 8 nitrogen and oxygen atoms in total. The van der Waals surface area contributed by atoms with Crippen LogP contribution < -0.4 is 9.64 Å². The van der Waals surface area contributed by atoms with E-state index in [-0.39, 0.29) is 0 Å². The number of imidazole rings is 1. The van der Waals surface area contributed by atoms with Crippen LogP contribution in [0.1, 0.15) is 5.82 Å². The number of aromatic nitrogens is 5. The Bertz CT molecular complexity index is 1170. The van der Waals surface area contributed by atoms with Crippen LogP contribution in [0.15, 0.2) is 67.1 Å². The van der Waals surface area contributed by atoms with E-state index in [0.29, 0.717) is 31.5 Å². The molecule has 8 heteroatoms. The zero-order valence-corrected chi connectivity index (χ0v) is 17.9. The number of nitrogens with zero attached hydrogens (tertiary/aromatic N) is 6. The summed E-state index contributed by atoms with van der Waals surface area (Å²) in [5.41, 5.74) is 2.83. The van der Waals surface area contributed by atoms with Crippen molar-refractivity contribution in [3.05, 3.63) is 72.9 Å². The summed E-state index contributed by atoms with van der Waals surface area (Å²) in [7, 11) is 1.97. The second kappa shape index (κ2) is 9.15. The maximum atomic E-state index is 6.10. The summed E-state index contributed by atoms with van der Waals surface area (Å²) in [6.45, 7) is 3.22. The molecule has 0 saturated carbocycles. The first-order valence-corrected chi connectivity index (χ1v) is 10.6. The van der Waals surface area contributed by atoms with Gasteiger partial charge in [0.1, 0.15) is 18.2 Å². The number of ether oxygens (including phenoxy) is 2. The number of anilines is 1. The Hall–Kier alpha value is -3.78. The van der Waals surface area contributed by atoms with E-state index in [4.69, 9.17) is 19.4 Å². The van der Waals surface area contributed by atoms with Crippen LogP contribution in [-0.2, 0) is 18.4 Å². The Morgan fingerprint density at radius 2 is 1.78 bits per heavy atom. The lowest BCUT2D eigenvalue weighted by atomic mass is 10.2. The van der Waals surface area contributed by atoms with E-state index >= 15 is 0 Å². The van der Waals surface area contributed by atoms with Gasteiger partial charge in [-0.25, -0.2) is 9.97 Å². The molecule has 32 heavy (non-hydrogen) atoms. The second-order valence-corrected chi connectivity index (χ2v) is 7.54. The molecule has 0 radical (unpaired) electrons. The zero-order valence-electron chi connectivity index (χ0n) is 17.9. The number of rotatable bonds is 6. The smallest absolute Gasteiger partial charge is 0.219 e. The quantitative estimate of drug-likeness (QED) is 0.466. The van der Waals surface area contributed by atoms with E-state index in [9.17, 15) is 0 Å². The van der Waals surface area contributed by atoms with Crippen LogP contribution in [-0.4, -0.2) is 50.8 Å². The monoisotopic (exact) mass is 428 g/mol. The van der Waals surface area contributed by atoms with Gasteiger partial charge in [-0.1, -0.05) is 30.3 Å². The van der Waals surface area contributed by atoms with Crippen LogP contribution in [0.3, 0.4) is 0 Å². The number of pyridine rings is 1. The molecule has 4 aromatic rings. The molecule has 0 atom stereocenters. The van der Waals surface area contributed by atoms with Gasteiger partial charge in [0.2, 0.25) is 5.88 Å². The van der Waals surface area contributed by atoms with Crippen LogP contribution >= 0.6 is 0 Å². The van der Waals surface area contributed by atoms with Gasteiger partial charge in [0.05, 0.1) is 18.9 Å². The predicted molar refractivity (Wildman–Crippen MR) is 121 cm³/mol. The fraction of sp³-hybridized carbons (Fsp3) is 0.250. The van der Waals surface area contributed by atoms with E-state index in [0.717, 1.165) is 41.6 Å².